The van der Waals surface area contributed by atoms with Gasteiger partial charge in [-0.05, 0) is 104 Å². The third-order valence-corrected chi connectivity index (χ3v) is 12.3. The van der Waals surface area contributed by atoms with Crippen LogP contribution in [0.25, 0.3) is 0 Å². The monoisotopic (exact) mass is 774 g/mol. The zero-order valence-corrected chi connectivity index (χ0v) is 32.3. The van der Waals surface area contributed by atoms with Gasteiger partial charge in [0.2, 0.25) is 11.8 Å². The number of furan rings is 1. The van der Waals surface area contributed by atoms with Crippen LogP contribution in [0.15, 0.2) is 142 Å². The van der Waals surface area contributed by atoms with Gasteiger partial charge in [0.1, 0.15) is 23.5 Å². The van der Waals surface area contributed by atoms with Gasteiger partial charge in [-0.3, -0.25) is 29.5 Å². The van der Waals surface area contributed by atoms with Gasteiger partial charge in [-0.1, -0.05) is 59.7 Å². The molecule has 12 heteroatoms. The molecule has 6 atom stereocenters. The molecule has 0 unspecified atom stereocenters. The molecule has 1 saturated carbocycles. The third kappa shape index (κ3) is 5.85. The van der Waals surface area contributed by atoms with Crippen molar-refractivity contribution in [3.8, 4) is 0 Å². The number of aryl methyl sites for hydroxylation is 1. The van der Waals surface area contributed by atoms with Gasteiger partial charge in [0, 0.05) is 19.8 Å². The SMILES string of the molecule is Cc1ccc(NN2C(=O)[C@@H]3C[C@@H]4C(=CC[C@@H]5C(=O)N(c6ccc(N=Nc7ccc(N(C)C)cc7)cc6)C(=O)[C@@H]54)[C@H](c4ccc(CO)o4)[C@]3(c3ccccc3)C2=O)cc1. The number of allylic oxidation sites excluding steroid dienone is 2. The minimum absolute atomic E-state index is 0.157. The molecule has 4 aromatic carbocycles. The highest BCUT2D eigenvalue weighted by atomic mass is 16.4. The van der Waals surface area contributed by atoms with E-state index in [4.69, 9.17) is 4.42 Å². The first-order chi connectivity index (χ1) is 28.1. The molecular formula is C46H42N6O6. The lowest BCUT2D eigenvalue weighted by molar-refractivity contribution is -0.138. The van der Waals surface area contributed by atoms with Crippen LogP contribution in [0.2, 0.25) is 0 Å². The van der Waals surface area contributed by atoms with E-state index in [2.05, 4.69) is 15.7 Å². The minimum Gasteiger partial charge on any atom is -0.463 e. The van der Waals surface area contributed by atoms with E-state index in [1.54, 1.807) is 36.4 Å². The van der Waals surface area contributed by atoms with Crippen LogP contribution < -0.4 is 15.2 Å². The fourth-order valence-corrected chi connectivity index (χ4v) is 9.55. The van der Waals surface area contributed by atoms with E-state index in [9.17, 15) is 19.5 Å². The number of imide groups is 2. The van der Waals surface area contributed by atoms with Gasteiger partial charge in [0.25, 0.3) is 11.8 Å². The number of anilines is 3. The Balaban J connectivity index is 1.08. The van der Waals surface area contributed by atoms with Crippen molar-refractivity contribution in [2.45, 2.75) is 37.7 Å². The van der Waals surface area contributed by atoms with Crippen molar-refractivity contribution < 1.29 is 28.7 Å². The summed E-state index contributed by atoms with van der Waals surface area (Å²) in [6, 6.07) is 34.6. The van der Waals surface area contributed by atoms with Crippen LogP contribution in [0.4, 0.5) is 28.4 Å². The lowest BCUT2D eigenvalue weighted by atomic mass is 9.50. The third-order valence-electron chi connectivity index (χ3n) is 12.3. The van der Waals surface area contributed by atoms with Crippen molar-refractivity contribution in [1.82, 2.24) is 5.01 Å². The van der Waals surface area contributed by atoms with Crippen molar-refractivity contribution in [2.75, 3.05) is 29.3 Å². The Morgan fingerprint density at radius 2 is 1.47 bits per heavy atom. The number of aliphatic hydroxyl groups excluding tert-OH is 1. The Morgan fingerprint density at radius 3 is 2.10 bits per heavy atom. The number of nitrogens with zero attached hydrogens (tertiary/aromatic N) is 5. The summed E-state index contributed by atoms with van der Waals surface area (Å²) in [5.41, 5.74) is 7.36. The molecule has 58 heavy (non-hydrogen) atoms. The van der Waals surface area contributed by atoms with Crippen molar-refractivity contribution in [2.24, 2.45) is 33.9 Å². The second-order valence-electron chi connectivity index (χ2n) is 15.7. The molecule has 0 radical (unpaired) electrons. The molecule has 3 heterocycles. The summed E-state index contributed by atoms with van der Waals surface area (Å²) in [5, 5.41) is 19.9. The Morgan fingerprint density at radius 1 is 0.793 bits per heavy atom. The molecule has 4 amide bonds. The quantitative estimate of drug-likeness (QED) is 0.0878. The topological polar surface area (TPSA) is 148 Å². The Labute approximate surface area is 335 Å². The Kier molecular flexibility index (Phi) is 9.16. The maximum atomic E-state index is 15.2. The molecule has 3 fully saturated rings. The smallest absolute Gasteiger partial charge is 0.260 e. The van der Waals surface area contributed by atoms with Crippen LogP contribution in [0.5, 0.6) is 0 Å². The number of amides is 4. The van der Waals surface area contributed by atoms with E-state index in [1.165, 1.54) is 4.90 Å². The summed E-state index contributed by atoms with van der Waals surface area (Å²) in [6.45, 7) is 1.60. The number of hydrazine groups is 1. The summed E-state index contributed by atoms with van der Waals surface area (Å²) in [7, 11) is 3.93. The molecular weight excluding hydrogens is 733 g/mol. The maximum Gasteiger partial charge on any atom is 0.260 e. The van der Waals surface area contributed by atoms with Crippen molar-refractivity contribution in [3.05, 3.63) is 150 Å². The highest BCUT2D eigenvalue weighted by molar-refractivity contribution is 6.22. The molecule has 9 rings (SSSR count). The average Bonchev–Trinajstić information content (AvgIpc) is 3.89. The zero-order valence-electron chi connectivity index (χ0n) is 32.3. The molecule has 292 valence electrons. The minimum atomic E-state index is -1.46. The number of nitrogens with one attached hydrogen (secondary N) is 1. The standard InChI is InChI=1S/C46H42N6O6/c1-27-9-11-31(12-10-27)49-52-43(55)38-25-37-35(41(39-24-21-34(26-53)58-39)46(38,45(52)57)28-7-5-4-6-8-28)22-23-36-40(37)44(56)51(42(36)54)33-19-15-30(16-20-33)48-47-29-13-17-32(18-14-29)50(2)3/h4-22,24,36-38,40-41,49,53H,23,25-26H2,1-3H3/t36-,37+,38-,40-,41+,46+/m0/s1. The van der Waals surface area contributed by atoms with Crippen molar-refractivity contribution in [3.63, 3.8) is 0 Å². The predicted octanol–water partition coefficient (Wildman–Crippen LogP) is 7.75. The van der Waals surface area contributed by atoms with Crippen molar-refractivity contribution in [1.29, 1.82) is 0 Å². The van der Waals surface area contributed by atoms with Gasteiger partial charge in [-0.15, -0.1) is 0 Å². The van der Waals surface area contributed by atoms with Gasteiger partial charge >= 0.3 is 0 Å². The highest BCUT2D eigenvalue weighted by Gasteiger charge is 2.71. The van der Waals surface area contributed by atoms with Crippen LogP contribution in [-0.4, -0.2) is 47.8 Å². The van der Waals surface area contributed by atoms with E-state index in [1.807, 2.05) is 111 Å². The number of hydrogen-bond acceptors (Lipinski definition) is 10. The van der Waals surface area contributed by atoms with E-state index in [0.717, 1.165) is 21.8 Å². The Bertz CT molecular complexity index is 2480. The van der Waals surface area contributed by atoms with Crippen LogP contribution in [0.3, 0.4) is 0 Å². The summed E-state index contributed by atoms with van der Waals surface area (Å²) >= 11 is 0. The molecule has 2 N–H and O–H groups in total. The largest absolute Gasteiger partial charge is 0.463 e. The Hall–Kier alpha value is -6.66. The molecule has 5 aromatic rings. The number of carbonyl (C=O) groups excluding carboxylic acids is 4. The number of azo groups is 1. The van der Waals surface area contributed by atoms with Crippen LogP contribution in [0, 0.1) is 30.6 Å². The van der Waals surface area contributed by atoms with Crippen molar-refractivity contribution >= 4 is 52.1 Å². The first-order valence-corrected chi connectivity index (χ1v) is 19.4. The maximum absolute atomic E-state index is 15.2. The highest BCUT2D eigenvalue weighted by Crippen LogP contribution is 2.64. The molecule has 2 saturated heterocycles. The molecule has 0 bridgehead atoms. The lowest BCUT2D eigenvalue weighted by Gasteiger charge is -2.49. The second kappa shape index (κ2) is 14.4. The fraction of sp³-hybridized carbons (Fsp3) is 0.261. The number of benzene rings is 4. The van der Waals surface area contributed by atoms with Gasteiger partial charge in [-0.2, -0.15) is 15.2 Å². The summed E-state index contributed by atoms with van der Waals surface area (Å²) in [6.07, 6.45) is 2.41. The number of fused-ring (bicyclic) bond motifs is 4. The molecule has 12 nitrogen and oxygen atoms in total. The van der Waals surface area contributed by atoms with E-state index >= 15 is 4.79 Å². The second-order valence-corrected chi connectivity index (χ2v) is 15.7. The van der Waals surface area contributed by atoms with Gasteiger partial charge in [0.15, 0.2) is 0 Å². The van der Waals surface area contributed by atoms with Crippen LogP contribution in [0.1, 0.15) is 41.4 Å². The van der Waals surface area contributed by atoms with Crippen LogP contribution in [-0.2, 0) is 31.2 Å². The van der Waals surface area contributed by atoms with Gasteiger partial charge in [0.05, 0.1) is 46.4 Å². The average molecular weight is 775 g/mol. The van der Waals surface area contributed by atoms with E-state index in [-0.39, 0.29) is 31.3 Å². The summed E-state index contributed by atoms with van der Waals surface area (Å²) in [4.78, 5) is 62.2. The first-order valence-electron chi connectivity index (χ1n) is 19.4. The lowest BCUT2D eigenvalue weighted by Crippen LogP contribution is -2.53. The molecule has 2 aliphatic heterocycles. The molecule has 1 aromatic heterocycles. The summed E-state index contributed by atoms with van der Waals surface area (Å²) < 4.78 is 6.28. The fourth-order valence-electron chi connectivity index (χ4n) is 9.55. The molecule has 2 aliphatic carbocycles. The first kappa shape index (κ1) is 36.9. The predicted molar refractivity (Wildman–Crippen MR) is 217 cm³/mol. The number of carbonyl (C=O) groups is 4. The number of aliphatic hydroxyl groups is 1. The normalized spacial score (nSPS) is 25.2. The van der Waals surface area contributed by atoms with E-state index in [0.29, 0.717) is 39.8 Å². The number of rotatable bonds is 9. The van der Waals surface area contributed by atoms with E-state index < -0.39 is 46.8 Å². The molecule has 4 aliphatic rings. The number of hydrogen-bond donors (Lipinski definition) is 2. The van der Waals surface area contributed by atoms with Gasteiger partial charge < -0.3 is 14.4 Å². The zero-order chi connectivity index (χ0) is 40.3. The summed E-state index contributed by atoms with van der Waals surface area (Å²) in [5.74, 6) is -4.56. The van der Waals surface area contributed by atoms with Gasteiger partial charge in [-0.25, -0.2) is 0 Å². The van der Waals surface area contributed by atoms with Crippen LogP contribution >= 0.6 is 0 Å². The molecule has 0 spiro atoms.